The Balaban J connectivity index is 0.000000363. The number of benzene rings is 2. The summed E-state index contributed by atoms with van der Waals surface area (Å²) in [7, 11) is 0. The second-order valence-corrected chi connectivity index (χ2v) is 8.30. The lowest BCUT2D eigenvalue weighted by Crippen LogP contribution is -2.16. The third-order valence-electron chi connectivity index (χ3n) is 5.76. The van der Waals surface area contributed by atoms with Gasteiger partial charge in [-0.15, -0.1) is 0 Å². The molecule has 0 radical (unpaired) electrons. The molecular weight excluding hydrogens is 432 g/mol. The molecule has 6 heteroatoms. The van der Waals surface area contributed by atoms with Gasteiger partial charge in [-0.25, -0.2) is 4.98 Å². The Morgan fingerprint density at radius 3 is 2.29 bits per heavy atom. The van der Waals surface area contributed by atoms with Gasteiger partial charge in [-0.3, -0.25) is 10.8 Å². The molecule has 0 aliphatic heterocycles. The van der Waals surface area contributed by atoms with Crippen LogP contribution in [0.3, 0.4) is 0 Å². The Bertz CT molecular complexity index is 1200. The highest BCUT2D eigenvalue weighted by atomic mass is 15.2. The van der Waals surface area contributed by atoms with Crippen molar-refractivity contribution < 1.29 is 0 Å². The van der Waals surface area contributed by atoms with E-state index in [4.69, 9.17) is 11.6 Å². The summed E-state index contributed by atoms with van der Waals surface area (Å²) in [5.41, 5.74) is 15.7. The van der Waals surface area contributed by atoms with E-state index >= 15 is 0 Å². The number of hydrogen-bond donors (Lipinski definition) is 3. The topological polar surface area (TPSA) is 94.8 Å². The molecule has 0 saturated carbocycles. The maximum Gasteiger partial charge on any atom is 0.107 e. The maximum atomic E-state index is 5.97. The number of rotatable bonds is 9. The van der Waals surface area contributed by atoms with Crippen LogP contribution in [0.15, 0.2) is 91.7 Å². The van der Waals surface area contributed by atoms with Crippen molar-refractivity contribution in [3.05, 3.63) is 114 Å². The van der Waals surface area contributed by atoms with Crippen LogP contribution in [0.1, 0.15) is 42.5 Å². The normalized spacial score (nSPS) is 11.0. The smallest absolute Gasteiger partial charge is 0.107 e. The highest BCUT2D eigenvalue weighted by molar-refractivity contribution is 5.66. The lowest BCUT2D eigenvalue weighted by molar-refractivity contribution is 0.690. The summed E-state index contributed by atoms with van der Waals surface area (Å²) in [4.78, 5) is 8.92. The first kappa shape index (κ1) is 25.7. The highest BCUT2D eigenvalue weighted by Crippen LogP contribution is 2.19. The molecule has 5 N–H and O–H groups in total. The molecule has 0 bridgehead atoms. The number of hydrogen-bond acceptors (Lipinski definition) is 5. The van der Waals surface area contributed by atoms with Crippen LogP contribution in [0, 0.1) is 0 Å². The molecule has 0 atom stereocenters. The standard InChI is InChI=1S/C21H26N6.C8H10/c1-2-5-16-6-3-4-7-17(16)9-11-27-14-21(25-15-27)20-12-18(8-10-24-20)19(22)13-26-23;1-2-8-6-4-3-5-7-8/h3-4,6-8,10,12-15,26H,2,5,9,11,22-23H2,1H3;3-7H,2H2,1H3/b19-13-;. The van der Waals surface area contributed by atoms with Crippen LogP contribution in [0.4, 0.5) is 0 Å². The minimum Gasteiger partial charge on any atom is -0.397 e. The number of pyridine rings is 1. The summed E-state index contributed by atoms with van der Waals surface area (Å²) < 4.78 is 2.10. The van der Waals surface area contributed by atoms with Gasteiger partial charge >= 0.3 is 0 Å². The van der Waals surface area contributed by atoms with E-state index in [1.54, 1.807) is 12.4 Å². The quantitative estimate of drug-likeness (QED) is 0.234. The fourth-order valence-electron chi connectivity index (χ4n) is 3.82. The molecule has 182 valence electrons. The average Bonchev–Trinajstić information content (AvgIpc) is 3.39. The van der Waals surface area contributed by atoms with Crippen LogP contribution < -0.4 is 17.0 Å². The summed E-state index contributed by atoms with van der Waals surface area (Å²) in [6, 6.07) is 22.9. The monoisotopic (exact) mass is 468 g/mol. The van der Waals surface area contributed by atoms with Crippen molar-refractivity contribution in [2.24, 2.45) is 11.6 Å². The van der Waals surface area contributed by atoms with E-state index in [1.807, 2.05) is 30.7 Å². The molecular formula is C29H36N6. The van der Waals surface area contributed by atoms with Gasteiger partial charge in [0.25, 0.3) is 0 Å². The van der Waals surface area contributed by atoms with Gasteiger partial charge < -0.3 is 15.7 Å². The summed E-state index contributed by atoms with van der Waals surface area (Å²) in [6.45, 7) is 5.26. The first-order valence-electron chi connectivity index (χ1n) is 12.2. The van der Waals surface area contributed by atoms with Crippen LogP contribution in [0.25, 0.3) is 17.1 Å². The number of hydrazine groups is 1. The lowest BCUT2D eigenvalue weighted by Gasteiger charge is -2.09. The molecule has 2 aromatic carbocycles. The molecule has 2 aromatic heterocycles. The Labute approximate surface area is 208 Å². The zero-order valence-electron chi connectivity index (χ0n) is 20.7. The van der Waals surface area contributed by atoms with E-state index in [2.05, 4.69) is 82.3 Å². The Morgan fingerprint density at radius 1 is 0.914 bits per heavy atom. The molecule has 0 saturated heterocycles. The van der Waals surface area contributed by atoms with Crippen LogP contribution in [0.2, 0.25) is 0 Å². The van der Waals surface area contributed by atoms with E-state index in [9.17, 15) is 0 Å². The van der Waals surface area contributed by atoms with Gasteiger partial charge in [0, 0.05) is 30.7 Å². The number of nitrogens with one attached hydrogen (secondary N) is 1. The molecule has 0 unspecified atom stereocenters. The number of aromatic nitrogens is 3. The van der Waals surface area contributed by atoms with E-state index in [0.29, 0.717) is 5.70 Å². The van der Waals surface area contributed by atoms with Crippen LogP contribution in [-0.4, -0.2) is 14.5 Å². The molecule has 0 aliphatic rings. The SMILES string of the molecule is CCCc1ccccc1CCn1cnc(-c2cc(/C(N)=C/NN)ccn2)c1.CCc1ccccc1. The summed E-state index contributed by atoms with van der Waals surface area (Å²) in [6.07, 6.45) is 11.5. The van der Waals surface area contributed by atoms with E-state index in [0.717, 1.165) is 49.2 Å². The van der Waals surface area contributed by atoms with Gasteiger partial charge in [0.1, 0.15) is 5.69 Å². The minimum absolute atomic E-state index is 0.549. The first-order chi connectivity index (χ1) is 17.1. The fraction of sp³-hybridized carbons (Fsp3) is 0.241. The van der Waals surface area contributed by atoms with Crippen LogP contribution in [-0.2, 0) is 25.8 Å². The van der Waals surface area contributed by atoms with Crippen molar-refractivity contribution in [3.8, 4) is 11.4 Å². The zero-order valence-corrected chi connectivity index (χ0v) is 20.7. The van der Waals surface area contributed by atoms with Gasteiger partial charge in [0.05, 0.1) is 17.7 Å². The van der Waals surface area contributed by atoms with Gasteiger partial charge in [-0.2, -0.15) is 0 Å². The molecule has 0 fully saturated rings. The van der Waals surface area contributed by atoms with E-state index < -0.39 is 0 Å². The summed E-state index contributed by atoms with van der Waals surface area (Å²) in [5, 5.41) is 0. The number of nitrogens with two attached hydrogens (primary N) is 2. The van der Waals surface area contributed by atoms with Gasteiger partial charge in [-0.05, 0) is 48.1 Å². The van der Waals surface area contributed by atoms with Gasteiger partial charge in [0.15, 0.2) is 0 Å². The molecule has 0 spiro atoms. The lowest BCUT2D eigenvalue weighted by atomic mass is 10.0. The largest absolute Gasteiger partial charge is 0.397 e. The molecule has 35 heavy (non-hydrogen) atoms. The Kier molecular flexibility index (Phi) is 10.1. The van der Waals surface area contributed by atoms with Crippen molar-refractivity contribution in [1.82, 2.24) is 20.0 Å². The Morgan fingerprint density at radius 2 is 1.63 bits per heavy atom. The summed E-state index contributed by atoms with van der Waals surface area (Å²) >= 11 is 0. The predicted molar refractivity (Wildman–Crippen MR) is 145 cm³/mol. The van der Waals surface area contributed by atoms with Crippen molar-refractivity contribution in [1.29, 1.82) is 0 Å². The average molecular weight is 469 g/mol. The molecule has 4 rings (SSSR count). The van der Waals surface area contributed by atoms with Crippen LogP contribution in [0.5, 0.6) is 0 Å². The van der Waals surface area contributed by atoms with Crippen molar-refractivity contribution in [3.63, 3.8) is 0 Å². The summed E-state index contributed by atoms with van der Waals surface area (Å²) in [5.74, 6) is 5.29. The number of nitrogens with zero attached hydrogens (tertiary/aromatic N) is 3. The molecule has 0 amide bonds. The molecule has 0 aliphatic carbocycles. The second-order valence-electron chi connectivity index (χ2n) is 8.30. The fourth-order valence-corrected chi connectivity index (χ4v) is 3.82. The third-order valence-corrected chi connectivity index (χ3v) is 5.76. The van der Waals surface area contributed by atoms with Crippen molar-refractivity contribution in [2.75, 3.05) is 0 Å². The second kappa shape index (κ2) is 13.7. The third kappa shape index (κ3) is 7.83. The predicted octanol–water partition coefficient (Wildman–Crippen LogP) is 5.11. The van der Waals surface area contributed by atoms with Gasteiger partial charge in [0.2, 0.25) is 0 Å². The number of aryl methyl sites for hydroxylation is 4. The van der Waals surface area contributed by atoms with Crippen LogP contribution >= 0.6 is 0 Å². The zero-order chi connectivity index (χ0) is 24.9. The maximum absolute atomic E-state index is 5.97. The van der Waals surface area contributed by atoms with Crippen molar-refractivity contribution >= 4 is 5.70 Å². The van der Waals surface area contributed by atoms with Gasteiger partial charge in [-0.1, -0.05) is 74.9 Å². The Hall–Kier alpha value is -3.90. The van der Waals surface area contributed by atoms with Crippen molar-refractivity contribution in [2.45, 2.75) is 46.1 Å². The number of imidazole rings is 1. The van der Waals surface area contributed by atoms with E-state index in [1.165, 1.54) is 16.7 Å². The molecule has 6 nitrogen and oxygen atoms in total. The minimum atomic E-state index is 0.549. The highest BCUT2D eigenvalue weighted by Gasteiger charge is 2.07. The molecule has 2 heterocycles. The first-order valence-corrected chi connectivity index (χ1v) is 12.2. The van der Waals surface area contributed by atoms with E-state index in [-0.39, 0.29) is 0 Å². The molecule has 4 aromatic rings.